The molecular formula is C17H25FN2O. The fraction of sp³-hybridized carbons (Fsp3) is 0.588. The molecule has 0 bridgehead atoms. The number of nitrogens with one attached hydrogen (secondary N) is 2. The van der Waals surface area contributed by atoms with Crippen LogP contribution in [0.15, 0.2) is 24.3 Å². The molecule has 2 rings (SSSR count). The highest BCUT2D eigenvalue weighted by molar-refractivity contribution is 5.82. The largest absolute Gasteiger partial charge is 0.355 e. The number of carbonyl (C=O) groups excluding carboxylic acids is 1. The highest BCUT2D eigenvalue weighted by Crippen LogP contribution is 2.31. The van der Waals surface area contributed by atoms with Crippen molar-refractivity contribution in [1.82, 2.24) is 10.6 Å². The number of hydrogen-bond acceptors (Lipinski definition) is 2. The Morgan fingerprint density at radius 3 is 2.95 bits per heavy atom. The van der Waals surface area contributed by atoms with Gasteiger partial charge in [0.1, 0.15) is 5.82 Å². The van der Waals surface area contributed by atoms with E-state index in [0.29, 0.717) is 18.9 Å². The number of benzene rings is 1. The minimum atomic E-state index is -0.366. The molecule has 0 saturated carbocycles. The molecule has 116 valence electrons. The summed E-state index contributed by atoms with van der Waals surface area (Å²) in [6, 6.07) is 6.53. The number of rotatable bonds is 5. The van der Waals surface area contributed by atoms with Crippen LogP contribution in [-0.2, 0) is 11.2 Å². The quantitative estimate of drug-likeness (QED) is 0.875. The molecule has 1 unspecified atom stereocenters. The molecular weight excluding hydrogens is 267 g/mol. The molecule has 1 heterocycles. The summed E-state index contributed by atoms with van der Waals surface area (Å²) < 4.78 is 13.1. The van der Waals surface area contributed by atoms with Crippen molar-refractivity contribution in [2.45, 2.75) is 33.1 Å². The monoisotopic (exact) mass is 292 g/mol. The SMILES string of the molecule is CC(C)(C(=O)NCCc1cccc(F)c1)C1CCCNC1. The average molecular weight is 292 g/mol. The molecule has 0 aromatic heterocycles. The standard InChI is InChI=1S/C17H25FN2O/c1-17(2,14-6-4-9-19-12-14)16(21)20-10-8-13-5-3-7-15(18)11-13/h3,5,7,11,14,19H,4,6,8-10,12H2,1-2H3,(H,20,21). The number of piperidine rings is 1. The summed E-state index contributed by atoms with van der Waals surface area (Å²) in [5.74, 6) is 0.237. The summed E-state index contributed by atoms with van der Waals surface area (Å²) in [5, 5.41) is 6.36. The summed E-state index contributed by atoms with van der Waals surface area (Å²) in [7, 11) is 0. The summed E-state index contributed by atoms with van der Waals surface area (Å²) in [6.45, 7) is 6.54. The molecule has 4 heteroatoms. The van der Waals surface area contributed by atoms with Crippen molar-refractivity contribution in [2.75, 3.05) is 19.6 Å². The van der Waals surface area contributed by atoms with E-state index in [-0.39, 0.29) is 17.1 Å². The van der Waals surface area contributed by atoms with Crippen LogP contribution in [0, 0.1) is 17.2 Å². The lowest BCUT2D eigenvalue weighted by Crippen LogP contribution is -2.47. The van der Waals surface area contributed by atoms with Gasteiger partial charge in [-0.05, 0) is 56.0 Å². The van der Waals surface area contributed by atoms with Crippen LogP contribution in [0.2, 0.25) is 0 Å². The maximum atomic E-state index is 13.1. The van der Waals surface area contributed by atoms with Crippen LogP contribution in [0.1, 0.15) is 32.3 Å². The topological polar surface area (TPSA) is 41.1 Å². The van der Waals surface area contributed by atoms with E-state index < -0.39 is 0 Å². The Morgan fingerprint density at radius 1 is 1.48 bits per heavy atom. The van der Waals surface area contributed by atoms with Gasteiger partial charge in [-0.15, -0.1) is 0 Å². The van der Waals surface area contributed by atoms with Gasteiger partial charge in [0.15, 0.2) is 0 Å². The number of amides is 1. The van der Waals surface area contributed by atoms with E-state index in [1.165, 1.54) is 12.1 Å². The molecule has 1 atom stereocenters. The molecule has 0 aliphatic carbocycles. The lowest BCUT2D eigenvalue weighted by Gasteiger charge is -2.36. The average Bonchev–Trinajstić information content (AvgIpc) is 2.48. The Morgan fingerprint density at radius 2 is 2.29 bits per heavy atom. The van der Waals surface area contributed by atoms with E-state index in [0.717, 1.165) is 31.5 Å². The van der Waals surface area contributed by atoms with Crippen molar-refractivity contribution in [2.24, 2.45) is 11.3 Å². The molecule has 1 saturated heterocycles. The number of hydrogen-bond donors (Lipinski definition) is 2. The summed E-state index contributed by atoms with van der Waals surface area (Å²) in [5.41, 5.74) is 0.544. The fourth-order valence-electron chi connectivity index (χ4n) is 2.89. The Kier molecular flexibility index (Phi) is 5.34. The van der Waals surface area contributed by atoms with Gasteiger partial charge < -0.3 is 10.6 Å². The first-order valence-electron chi connectivity index (χ1n) is 7.73. The van der Waals surface area contributed by atoms with Gasteiger partial charge in [0.05, 0.1) is 0 Å². The maximum Gasteiger partial charge on any atom is 0.225 e. The van der Waals surface area contributed by atoms with Crippen LogP contribution in [0.3, 0.4) is 0 Å². The third-order valence-corrected chi connectivity index (χ3v) is 4.49. The molecule has 1 amide bonds. The van der Waals surface area contributed by atoms with Crippen LogP contribution >= 0.6 is 0 Å². The Balaban J connectivity index is 1.83. The predicted octanol–water partition coefficient (Wildman–Crippen LogP) is 2.51. The summed E-state index contributed by atoms with van der Waals surface area (Å²) >= 11 is 0. The molecule has 1 aromatic rings. The van der Waals surface area contributed by atoms with Gasteiger partial charge in [-0.3, -0.25) is 4.79 Å². The van der Waals surface area contributed by atoms with Crippen LogP contribution in [-0.4, -0.2) is 25.5 Å². The van der Waals surface area contributed by atoms with Gasteiger partial charge in [0.25, 0.3) is 0 Å². The molecule has 1 aliphatic heterocycles. The van der Waals surface area contributed by atoms with Crippen LogP contribution in [0.25, 0.3) is 0 Å². The Hall–Kier alpha value is -1.42. The van der Waals surface area contributed by atoms with Crippen molar-refractivity contribution in [1.29, 1.82) is 0 Å². The first-order chi connectivity index (χ1) is 10.00. The molecule has 1 aromatic carbocycles. The second-order valence-corrected chi connectivity index (χ2v) is 6.40. The predicted molar refractivity (Wildman–Crippen MR) is 82.5 cm³/mol. The highest BCUT2D eigenvalue weighted by Gasteiger charge is 2.36. The van der Waals surface area contributed by atoms with Crippen LogP contribution < -0.4 is 10.6 Å². The normalized spacial score (nSPS) is 19.3. The van der Waals surface area contributed by atoms with E-state index in [9.17, 15) is 9.18 Å². The highest BCUT2D eigenvalue weighted by atomic mass is 19.1. The molecule has 0 radical (unpaired) electrons. The lowest BCUT2D eigenvalue weighted by atomic mass is 9.74. The number of carbonyl (C=O) groups is 1. The van der Waals surface area contributed by atoms with Crippen LogP contribution in [0.5, 0.6) is 0 Å². The maximum absolute atomic E-state index is 13.1. The fourth-order valence-corrected chi connectivity index (χ4v) is 2.89. The molecule has 1 aliphatic rings. The van der Waals surface area contributed by atoms with Crippen molar-refractivity contribution in [3.05, 3.63) is 35.6 Å². The van der Waals surface area contributed by atoms with Crippen molar-refractivity contribution >= 4 is 5.91 Å². The first kappa shape index (κ1) is 16.0. The summed E-state index contributed by atoms with van der Waals surface area (Å²) in [4.78, 5) is 12.4. The van der Waals surface area contributed by atoms with Gasteiger partial charge in [-0.2, -0.15) is 0 Å². The minimum absolute atomic E-state index is 0.0904. The zero-order chi connectivity index (χ0) is 15.3. The molecule has 3 nitrogen and oxygen atoms in total. The van der Waals surface area contributed by atoms with Crippen molar-refractivity contribution in [3.8, 4) is 0 Å². The first-order valence-corrected chi connectivity index (χ1v) is 7.73. The van der Waals surface area contributed by atoms with E-state index in [4.69, 9.17) is 0 Å². The van der Waals surface area contributed by atoms with Gasteiger partial charge in [-0.25, -0.2) is 4.39 Å². The smallest absolute Gasteiger partial charge is 0.225 e. The van der Waals surface area contributed by atoms with Gasteiger partial charge in [0, 0.05) is 12.0 Å². The second kappa shape index (κ2) is 7.03. The van der Waals surface area contributed by atoms with E-state index in [2.05, 4.69) is 10.6 Å². The van der Waals surface area contributed by atoms with Crippen LogP contribution in [0.4, 0.5) is 4.39 Å². The lowest BCUT2D eigenvalue weighted by molar-refractivity contribution is -0.132. The van der Waals surface area contributed by atoms with Gasteiger partial charge >= 0.3 is 0 Å². The summed E-state index contributed by atoms with van der Waals surface area (Å²) in [6.07, 6.45) is 2.88. The number of halogens is 1. The Bertz CT molecular complexity index is 481. The molecule has 2 N–H and O–H groups in total. The molecule has 21 heavy (non-hydrogen) atoms. The molecule has 1 fully saturated rings. The Labute approximate surface area is 126 Å². The zero-order valence-corrected chi connectivity index (χ0v) is 12.9. The van der Waals surface area contributed by atoms with Crippen molar-refractivity contribution < 1.29 is 9.18 Å². The van der Waals surface area contributed by atoms with E-state index in [1.807, 2.05) is 19.9 Å². The van der Waals surface area contributed by atoms with Gasteiger partial charge in [0.2, 0.25) is 5.91 Å². The zero-order valence-electron chi connectivity index (χ0n) is 12.9. The second-order valence-electron chi connectivity index (χ2n) is 6.40. The third-order valence-electron chi connectivity index (χ3n) is 4.49. The minimum Gasteiger partial charge on any atom is -0.355 e. The van der Waals surface area contributed by atoms with E-state index >= 15 is 0 Å². The van der Waals surface area contributed by atoms with E-state index in [1.54, 1.807) is 6.07 Å². The van der Waals surface area contributed by atoms with Crippen molar-refractivity contribution in [3.63, 3.8) is 0 Å². The molecule has 0 spiro atoms. The third kappa shape index (κ3) is 4.27. The van der Waals surface area contributed by atoms with Gasteiger partial charge in [-0.1, -0.05) is 26.0 Å².